The van der Waals surface area contributed by atoms with Crippen LogP contribution in [0.2, 0.25) is 0 Å². The van der Waals surface area contributed by atoms with Crippen LogP contribution in [0.15, 0.2) is 36.7 Å². The Labute approximate surface area is 152 Å². The maximum absolute atomic E-state index is 4.41. The van der Waals surface area contributed by atoms with Gasteiger partial charge in [0, 0.05) is 24.2 Å². The van der Waals surface area contributed by atoms with E-state index in [9.17, 15) is 0 Å². The minimum absolute atomic E-state index is 0.326. The van der Waals surface area contributed by atoms with E-state index >= 15 is 0 Å². The Bertz CT molecular complexity index is 1060. The average Bonchev–Trinajstić information content (AvgIpc) is 3.22. The van der Waals surface area contributed by atoms with E-state index in [0.717, 1.165) is 35.8 Å². The number of aryl methyl sites for hydroxylation is 2. The Hall–Kier alpha value is -2.76. The monoisotopic (exact) mass is 348 g/mol. The fourth-order valence-corrected chi connectivity index (χ4v) is 3.36. The zero-order chi connectivity index (χ0) is 18.3. The lowest BCUT2D eigenvalue weighted by atomic mass is 10.0. The van der Waals surface area contributed by atoms with Gasteiger partial charge in [-0.25, -0.2) is 0 Å². The van der Waals surface area contributed by atoms with Crippen LogP contribution >= 0.6 is 0 Å². The van der Waals surface area contributed by atoms with Gasteiger partial charge in [0.2, 0.25) is 0 Å². The fourth-order valence-electron chi connectivity index (χ4n) is 3.36. The van der Waals surface area contributed by atoms with Crippen molar-refractivity contribution in [2.24, 2.45) is 0 Å². The van der Waals surface area contributed by atoms with Gasteiger partial charge in [0.05, 0.1) is 0 Å². The van der Waals surface area contributed by atoms with E-state index in [1.165, 1.54) is 11.1 Å². The molecule has 4 aromatic rings. The summed E-state index contributed by atoms with van der Waals surface area (Å²) in [5, 5.41) is 17.3. The number of aromatic nitrogens is 6. The Morgan fingerprint density at radius 1 is 0.885 bits per heavy atom. The van der Waals surface area contributed by atoms with Crippen molar-refractivity contribution in [2.45, 2.75) is 52.4 Å². The first kappa shape index (κ1) is 16.7. The Morgan fingerprint density at radius 3 is 2.46 bits per heavy atom. The van der Waals surface area contributed by atoms with Gasteiger partial charge in [-0.1, -0.05) is 26.8 Å². The van der Waals surface area contributed by atoms with Crippen LogP contribution in [0.25, 0.3) is 11.3 Å². The molecule has 6 heteroatoms. The van der Waals surface area contributed by atoms with E-state index in [-0.39, 0.29) is 0 Å². The standard InChI is InChI=1S/C20H24N6/c1-13(2)19-23-22-18-11-16(9-10-25(18)19)7-6-15(4)20-24-21-17-8-5-14(3)12-26(17)20/h5,8-13,15H,6-7H2,1-4H3. The molecule has 4 rings (SSSR count). The van der Waals surface area contributed by atoms with Gasteiger partial charge >= 0.3 is 0 Å². The van der Waals surface area contributed by atoms with Crippen LogP contribution in [0.5, 0.6) is 0 Å². The highest BCUT2D eigenvalue weighted by molar-refractivity contribution is 5.42. The molecule has 0 bridgehead atoms. The lowest BCUT2D eigenvalue weighted by Gasteiger charge is -2.10. The van der Waals surface area contributed by atoms with Crippen LogP contribution < -0.4 is 0 Å². The SMILES string of the molecule is Cc1ccc2nnc(C(C)CCc3ccn4c(C(C)C)nnc4c3)n2c1. The van der Waals surface area contributed by atoms with Crippen molar-refractivity contribution in [1.29, 1.82) is 0 Å². The lowest BCUT2D eigenvalue weighted by Crippen LogP contribution is -2.03. The number of nitrogens with zero attached hydrogens (tertiary/aromatic N) is 6. The van der Waals surface area contributed by atoms with Crippen molar-refractivity contribution in [1.82, 2.24) is 29.2 Å². The number of rotatable bonds is 5. The van der Waals surface area contributed by atoms with Crippen LogP contribution in [-0.2, 0) is 6.42 Å². The normalized spacial score (nSPS) is 13.1. The van der Waals surface area contributed by atoms with Gasteiger partial charge < -0.3 is 0 Å². The molecule has 0 aromatic carbocycles. The van der Waals surface area contributed by atoms with Gasteiger partial charge in [-0.15, -0.1) is 20.4 Å². The van der Waals surface area contributed by atoms with Crippen molar-refractivity contribution in [3.05, 3.63) is 59.4 Å². The van der Waals surface area contributed by atoms with Crippen LogP contribution in [0.3, 0.4) is 0 Å². The molecule has 0 radical (unpaired) electrons. The number of fused-ring (bicyclic) bond motifs is 2. The predicted octanol–water partition coefficient (Wildman–Crippen LogP) is 3.94. The molecule has 0 N–H and O–H groups in total. The van der Waals surface area contributed by atoms with Gasteiger partial charge in [-0.2, -0.15) is 0 Å². The summed E-state index contributed by atoms with van der Waals surface area (Å²) in [6, 6.07) is 8.39. The second-order valence-corrected chi connectivity index (χ2v) is 7.41. The minimum atomic E-state index is 0.326. The predicted molar refractivity (Wildman–Crippen MR) is 102 cm³/mol. The van der Waals surface area contributed by atoms with E-state index in [0.29, 0.717) is 11.8 Å². The Morgan fingerprint density at radius 2 is 1.65 bits per heavy atom. The van der Waals surface area contributed by atoms with Crippen molar-refractivity contribution in [2.75, 3.05) is 0 Å². The summed E-state index contributed by atoms with van der Waals surface area (Å²) in [6.45, 7) is 8.58. The highest BCUT2D eigenvalue weighted by atomic mass is 15.3. The van der Waals surface area contributed by atoms with E-state index < -0.39 is 0 Å². The van der Waals surface area contributed by atoms with Crippen molar-refractivity contribution < 1.29 is 0 Å². The molecule has 0 aliphatic heterocycles. The van der Waals surface area contributed by atoms with Gasteiger partial charge in [-0.05, 0) is 49.1 Å². The fraction of sp³-hybridized carbons (Fsp3) is 0.400. The first-order valence-corrected chi connectivity index (χ1v) is 9.18. The van der Waals surface area contributed by atoms with Crippen LogP contribution in [-0.4, -0.2) is 29.2 Å². The third kappa shape index (κ3) is 2.96. The molecule has 1 unspecified atom stereocenters. The zero-order valence-corrected chi connectivity index (χ0v) is 15.7. The van der Waals surface area contributed by atoms with Crippen LogP contribution in [0, 0.1) is 6.92 Å². The lowest BCUT2D eigenvalue weighted by molar-refractivity contribution is 0.630. The van der Waals surface area contributed by atoms with Gasteiger partial charge in [0.15, 0.2) is 11.3 Å². The topological polar surface area (TPSA) is 60.4 Å². The summed E-state index contributed by atoms with van der Waals surface area (Å²) in [5.74, 6) is 2.72. The van der Waals surface area contributed by atoms with Gasteiger partial charge in [0.1, 0.15) is 11.6 Å². The molecule has 0 fully saturated rings. The number of hydrogen-bond donors (Lipinski definition) is 0. The van der Waals surface area contributed by atoms with E-state index in [2.05, 4.69) is 87.5 Å². The van der Waals surface area contributed by atoms with Gasteiger partial charge in [-0.3, -0.25) is 8.80 Å². The number of pyridine rings is 2. The van der Waals surface area contributed by atoms with Crippen LogP contribution in [0.4, 0.5) is 0 Å². The van der Waals surface area contributed by atoms with Gasteiger partial charge in [0.25, 0.3) is 0 Å². The number of hydrogen-bond acceptors (Lipinski definition) is 4. The molecule has 4 heterocycles. The highest BCUT2D eigenvalue weighted by Gasteiger charge is 2.14. The summed E-state index contributed by atoms with van der Waals surface area (Å²) in [7, 11) is 0. The smallest absolute Gasteiger partial charge is 0.161 e. The second-order valence-electron chi connectivity index (χ2n) is 7.41. The molecule has 4 aromatic heterocycles. The quantitative estimate of drug-likeness (QED) is 0.548. The third-order valence-electron chi connectivity index (χ3n) is 4.90. The molecule has 0 saturated carbocycles. The molecule has 1 atom stereocenters. The molecule has 0 saturated heterocycles. The van der Waals surface area contributed by atoms with Crippen molar-refractivity contribution in [3.63, 3.8) is 0 Å². The highest BCUT2D eigenvalue weighted by Crippen LogP contribution is 2.22. The summed E-state index contributed by atoms with van der Waals surface area (Å²) in [5.41, 5.74) is 4.31. The molecule has 6 nitrogen and oxygen atoms in total. The van der Waals surface area contributed by atoms with E-state index in [1.54, 1.807) is 0 Å². The van der Waals surface area contributed by atoms with Crippen LogP contribution in [0.1, 0.15) is 61.8 Å². The molecular weight excluding hydrogens is 324 g/mol. The van der Waals surface area contributed by atoms with Crippen molar-refractivity contribution in [3.8, 4) is 0 Å². The molecule has 0 aliphatic carbocycles. The summed E-state index contributed by atoms with van der Waals surface area (Å²) in [6.07, 6.45) is 6.18. The molecular formula is C20H24N6. The second kappa shape index (κ2) is 6.52. The van der Waals surface area contributed by atoms with E-state index in [1.807, 2.05) is 6.07 Å². The molecule has 134 valence electrons. The molecule has 26 heavy (non-hydrogen) atoms. The largest absolute Gasteiger partial charge is 0.286 e. The van der Waals surface area contributed by atoms with Crippen molar-refractivity contribution >= 4 is 11.3 Å². The first-order chi connectivity index (χ1) is 12.5. The third-order valence-corrected chi connectivity index (χ3v) is 4.90. The molecule has 0 aliphatic rings. The Kier molecular flexibility index (Phi) is 4.18. The maximum Gasteiger partial charge on any atom is 0.161 e. The minimum Gasteiger partial charge on any atom is -0.286 e. The molecule has 0 spiro atoms. The Balaban J connectivity index is 1.52. The zero-order valence-electron chi connectivity index (χ0n) is 15.7. The van der Waals surface area contributed by atoms with E-state index in [4.69, 9.17) is 0 Å². The summed E-state index contributed by atoms with van der Waals surface area (Å²) >= 11 is 0. The molecule has 0 amide bonds. The summed E-state index contributed by atoms with van der Waals surface area (Å²) < 4.78 is 4.18. The average molecular weight is 348 g/mol. The maximum atomic E-state index is 4.41. The first-order valence-electron chi connectivity index (χ1n) is 9.18. The summed E-state index contributed by atoms with van der Waals surface area (Å²) in [4.78, 5) is 0.